The van der Waals surface area contributed by atoms with Crippen LogP contribution in [0.3, 0.4) is 0 Å². The summed E-state index contributed by atoms with van der Waals surface area (Å²) in [6.45, 7) is 3.47. The van der Waals surface area contributed by atoms with E-state index in [0.29, 0.717) is 22.9 Å². The zero-order valence-corrected chi connectivity index (χ0v) is 11.6. The van der Waals surface area contributed by atoms with Gasteiger partial charge in [0.15, 0.2) is 0 Å². The second kappa shape index (κ2) is 4.97. The van der Waals surface area contributed by atoms with Gasteiger partial charge in [0.2, 0.25) is 0 Å². The van der Waals surface area contributed by atoms with Gasteiger partial charge in [-0.15, -0.1) is 0 Å². The first-order chi connectivity index (χ1) is 10.1. The fraction of sp³-hybridized carbons (Fsp3) is 0.133. The van der Waals surface area contributed by atoms with Crippen LogP contribution in [0.1, 0.15) is 11.5 Å². The highest BCUT2D eigenvalue weighted by molar-refractivity contribution is 5.43. The molecule has 0 fully saturated rings. The molecule has 0 amide bonds. The van der Waals surface area contributed by atoms with Crippen LogP contribution in [0.4, 0.5) is 4.39 Å². The first-order valence-corrected chi connectivity index (χ1v) is 6.42. The molecule has 0 aliphatic heterocycles. The summed E-state index contributed by atoms with van der Waals surface area (Å²) in [5.74, 6) is 0.0900. The molecule has 0 saturated carbocycles. The van der Waals surface area contributed by atoms with Crippen LogP contribution in [0, 0.1) is 19.7 Å². The van der Waals surface area contributed by atoms with E-state index in [1.807, 2.05) is 0 Å². The second-order valence-electron chi connectivity index (χ2n) is 4.72. The Labute approximate surface area is 120 Å². The van der Waals surface area contributed by atoms with Gasteiger partial charge in [-0.05, 0) is 26.0 Å². The predicted molar refractivity (Wildman–Crippen MR) is 76.4 cm³/mol. The van der Waals surface area contributed by atoms with Crippen LogP contribution in [0.5, 0.6) is 0 Å². The molecule has 0 saturated heterocycles. The largest absolute Gasteiger partial charge is 0.303 e. The lowest BCUT2D eigenvalue weighted by atomic mass is 10.2. The summed E-state index contributed by atoms with van der Waals surface area (Å²) < 4.78 is 17.2. The Kier molecular flexibility index (Phi) is 3.13. The van der Waals surface area contributed by atoms with Crippen LogP contribution >= 0.6 is 0 Å². The molecule has 2 heterocycles. The van der Waals surface area contributed by atoms with Gasteiger partial charge in [0.05, 0.1) is 17.7 Å². The van der Waals surface area contributed by atoms with E-state index in [1.165, 1.54) is 23.0 Å². The third kappa shape index (κ3) is 2.35. The van der Waals surface area contributed by atoms with Gasteiger partial charge in [0.1, 0.15) is 11.6 Å². The van der Waals surface area contributed by atoms with Crippen LogP contribution < -0.4 is 5.56 Å². The van der Waals surface area contributed by atoms with E-state index in [4.69, 9.17) is 0 Å². The number of imidazole rings is 1. The molecular formula is C15H13FN4O. The first-order valence-electron chi connectivity index (χ1n) is 6.42. The van der Waals surface area contributed by atoms with Crippen molar-refractivity contribution in [2.45, 2.75) is 13.8 Å². The van der Waals surface area contributed by atoms with Gasteiger partial charge in [0, 0.05) is 30.2 Å². The van der Waals surface area contributed by atoms with Crippen molar-refractivity contribution >= 4 is 0 Å². The fourth-order valence-electron chi connectivity index (χ4n) is 2.30. The lowest BCUT2D eigenvalue weighted by molar-refractivity contribution is 0.616. The second-order valence-corrected chi connectivity index (χ2v) is 4.72. The van der Waals surface area contributed by atoms with E-state index < -0.39 is 5.82 Å². The number of nitrogens with zero attached hydrogens (tertiary/aromatic N) is 4. The molecule has 3 rings (SSSR count). The number of hydrogen-bond acceptors (Lipinski definition) is 3. The quantitative estimate of drug-likeness (QED) is 0.724. The van der Waals surface area contributed by atoms with Gasteiger partial charge in [-0.1, -0.05) is 0 Å². The molecule has 3 aromatic rings. The van der Waals surface area contributed by atoms with E-state index in [1.54, 1.807) is 42.9 Å². The van der Waals surface area contributed by atoms with E-state index in [2.05, 4.69) is 9.97 Å². The third-order valence-corrected chi connectivity index (χ3v) is 3.19. The van der Waals surface area contributed by atoms with Crippen molar-refractivity contribution in [3.63, 3.8) is 0 Å². The van der Waals surface area contributed by atoms with Crippen molar-refractivity contribution in [3.05, 3.63) is 70.7 Å². The maximum atomic E-state index is 14.3. The molecule has 21 heavy (non-hydrogen) atoms. The molecule has 0 radical (unpaired) electrons. The molecule has 106 valence electrons. The first kappa shape index (κ1) is 13.2. The van der Waals surface area contributed by atoms with Crippen molar-refractivity contribution in [2.24, 2.45) is 0 Å². The van der Waals surface area contributed by atoms with Gasteiger partial charge < -0.3 is 4.57 Å². The average Bonchev–Trinajstić information content (AvgIpc) is 2.91. The standard InChI is InChI=1S/C15H13FN4O/c1-10-7-15(21)20(11(2)18-10)12-3-4-14(13(16)8-12)19-6-5-17-9-19/h3-9H,1-2H3. The highest BCUT2D eigenvalue weighted by Gasteiger charge is 2.10. The molecule has 5 nitrogen and oxygen atoms in total. The Morgan fingerprint density at radius 3 is 2.62 bits per heavy atom. The highest BCUT2D eigenvalue weighted by atomic mass is 19.1. The Morgan fingerprint density at radius 1 is 1.19 bits per heavy atom. The van der Waals surface area contributed by atoms with E-state index in [9.17, 15) is 9.18 Å². The Morgan fingerprint density at radius 2 is 2.00 bits per heavy atom. The number of halogens is 1. The average molecular weight is 284 g/mol. The number of aromatic nitrogens is 4. The number of hydrogen-bond donors (Lipinski definition) is 0. The van der Waals surface area contributed by atoms with E-state index in [0.717, 1.165) is 0 Å². The normalized spacial score (nSPS) is 10.8. The zero-order valence-electron chi connectivity index (χ0n) is 11.6. The molecule has 0 bridgehead atoms. The highest BCUT2D eigenvalue weighted by Crippen LogP contribution is 2.17. The molecule has 0 aliphatic carbocycles. The number of aryl methyl sites for hydroxylation is 2. The van der Waals surface area contributed by atoms with Crippen LogP contribution in [-0.2, 0) is 0 Å². The number of rotatable bonds is 2. The molecule has 0 aliphatic rings. The fourth-order valence-corrected chi connectivity index (χ4v) is 2.30. The number of benzene rings is 1. The monoisotopic (exact) mass is 284 g/mol. The summed E-state index contributed by atoms with van der Waals surface area (Å²) >= 11 is 0. The maximum absolute atomic E-state index is 14.3. The molecular weight excluding hydrogens is 271 g/mol. The van der Waals surface area contributed by atoms with Crippen LogP contribution in [0.2, 0.25) is 0 Å². The van der Waals surface area contributed by atoms with Crippen LogP contribution in [0.25, 0.3) is 11.4 Å². The molecule has 6 heteroatoms. The van der Waals surface area contributed by atoms with Crippen molar-refractivity contribution in [1.82, 2.24) is 19.1 Å². The van der Waals surface area contributed by atoms with Gasteiger partial charge in [-0.2, -0.15) is 0 Å². The summed E-state index contributed by atoms with van der Waals surface area (Å²) in [6, 6.07) is 6.04. The molecule has 2 aromatic heterocycles. The Balaban J connectivity index is 2.14. The van der Waals surface area contributed by atoms with Gasteiger partial charge in [0.25, 0.3) is 5.56 Å². The molecule has 0 unspecified atom stereocenters. The van der Waals surface area contributed by atoms with Gasteiger partial charge in [-0.3, -0.25) is 9.36 Å². The lowest BCUT2D eigenvalue weighted by Gasteiger charge is -2.11. The van der Waals surface area contributed by atoms with Gasteiger partial charge in [-0.25, -0.2) is 14.4 Å². The van der Waals surface area contributed by atoms with E-state index in [-0.39, 0.29) is 5.56 Å². The van der Waals surface area contributed by atoms with Crippen molar-refractivity contribution in [2.75, 3.05) is 0 Å². The summed E-state index contributed by atoms with van der Waals surface area (Å²) in [5.41, 5.74) is 1.24. The summed E-state index contributed by atoms with van der Waals surface area (Å²) in [5, 5.41) is 0. The molecule has 1 aromatic carbocycles. The minimum absolute atomic E-state index is 0.227. The van der Waals surface area contributed by atoms with Crippen molar-refractivity contribution < 1.29 is 4.39 Å². The zero-order chi connectivity index (χ0) is 15.0. The van der Waals surface area contributed by atoms with E-state index >= 15 is 0 Å². The smallest absolute Gasteiger partial charge is 0.258 e. The molecule has 0 atom stereocenters. The van der Waals surface area contributed by atoms with Crippen LogP contribution in [-0.4, -0.2) is 19.1 Å². The summed E-state index contributed by atoms with van der Waals surface area (Å²) in [4.78, 5) is 20.2. The van der Waals surface area contributed by atoms with Crippen LogP contribution in [0.15, 0.2) is 47.8 Å². The van der Waals surface area contributed by atoms with Gasteiger partial charge >= 0.3 is 0 Å². The SMILES string of the molecule is Cc1cc(=O)n(-c2ccc(-n3ccnc3)c(F)c2)c(C)n1. The third-order valence-electron chi connectivity index (χ3n) is 3.19. The topological polar surface area (TPSA) is 52.7 Å². The maximum Gasteiger partial charge on any atom is 0.258 e. The minimum atomic E-state index is -0.433. The Bertz CT molecular complexity index is 853. The summed E-state index contributed by atoms with van der Waals surface area (Å²) in [7, 11) is 0. The molecule has 0 N–H and O–H groups in total. The van der Waals surface area contributed by atoms with Crippen molar-refractivity contribution in [3.8, 4) is 11.4 Å². The van der Waals surface area contributed by atoms with Crippen molar-refractivity contribution in [1.29, 1.82) is 0 Å². The molecule has 0 spiro atoms. The predicted octanol–water partition coefficient (Wildman–Crippen LogP) is 2.17. The minimum Gasteiger partial charge on any atom is -0.303 e. The summed E-state index contributed by atoms with van der Waals surface area (Å²) in [6.07, 6.45) is 4.75. The Hall–Kier alpha value is -2.76. The lowest BCUT2D eigenvalue weighted by Crippen LogP contribution is -2.22.